The van der Waals surface area contributed by atoms with Crippen LogP contribution in [0.3, 0.4) is 0 Å². The number of rotatable bonds is 6. The molecule has 2 aromatic rings. The highest BCUT2D eigenvalue weighted by atomic mass is 14.3. The molecule has 36 heavy (non-hydrogen) atoms. The van der Waals surface area contributed by atoms with Gasteiger partial charge in [0.05, 0.1) is 0 Å². The van der Waals surface area contributed by atoms with E-state index in [0.29, 0.717) is 0 Å². The molecule has 0 saturated carbocycles. The zero-order valence-corrected chi connectivity index (χ0v) is 25.3. The van der Waals surface area contributed by atoms with Gasteiger partial charge in [0.15, 0.2) is 0 Å². The van der Waals surface area contributed by atoms with Crippen molar-refractivity contribution in [3.05, 3.63) is 106 Å². The summed E-state index contributed by atoms with van der Waals surface area (Å²) in [5.74, 6) is 0. The third-order valence-electron chi connectivity index (χ3n) is 6.76. The third kappa shape index (κ3) is 9.27. The molecule has 0 aliphatic rings. The number of hydrogen-bond donors (Lipinski definition) is 0. The van der Waals surface area contributed by atoms with Crippen LogP contribution in [0.4, 0.5) is 0 Å². The van der Waals surface area contributed by atoms with Gasteiger partial charge in [0, 0.05) is 0 Å². The fourth-order valence-corrected chi connectivity index (χ4v) is 4.05. The molecular weight excluding hydrogens is 432 g/mol. The van der Waals surface area contributed by atoms with E-state index in [-0.39, 0.29) is 21.7 Å². The van der Waals surface area contributed by atoms with Gasteiger partial charge in [-0.25, -0.2) is 0 Å². The van der Waals surface area contributed by atoms with E-state index in [0.717, 1.165) is 12.8 Å². The van der Waals surface area contributed by atoms with E-state index in [2.05, 4.69) is 156 Å². The summed E-state index contributed by atoms with van der Waals surface area (Å²) in [5, 5.41) is 0. The van der Waals surface area contributed by atoms with Crippen LogP contribution in [0.2, 0.25) is 0 Å². The van der Waals surface area contributed by atoms with E-state index in [4.69, 9.17) is 0 Å². The predicted octanol–water partition coefficient (Wildman–Crippen LogP) is 10.3. The van der Waals surface area contributed by atoms with E-state index in [9.17, 15) is 0 Å². The SMILES string of the molecule is CC(C)(C)c1cc(C/C=C/C=C/C=C/Cc2cc(C(C)(C)C)cc(C(C)(C)C)c2)cc(C(C)(C)C)c1. The summed E-state index contributed by atoms with van der Waals surface area (Å²) in [6.07, 6.45) is 15.1. The standard InChI is InChI=1S/C36H52/c1-33(2,3)29-21-27(22-30(25-29)34(4,5)6)19-17-15-13-14-16-18-20-28-23-31(35(7,8)9)26-32(24-28)36(10,11)12/h13-18,21-26H,19-20H2,1-12H3/b14-13+,17-15+,18-16+. The van der Waals surface area contributed by atoms with Gasteiger partial charge in [-0.1, -0.05) is 156 Å². The molecule has 0 fully saturated rings. The average Bonchev–Trinajstić information content (AvgIpc) is 2.72. The van der Waals surface area contributed by atoms with Gasteiger partial charge in [0.1, 0.15) is 0 Å². The topological polar surface area (TPSA) is 0 Å². The number of hydrogen-bond acceptors (Lipinski definition) is 0. The Morgan fingerprint density at radius 2 is 0.639 bits per heavy atom. The molecule has 0 N–H and O–H groups in total. The van der Waals surface area contributed by atoms with Gasteiger partial charge in [0.2, 0.25) is 0 Å². The zero-order chi connectivity index (χ0) is 27.4. The summed E-state index contributed by atoms with van der Waals surface area (Å²) in [4.78, 5) is 0. The molecule has 0 nitrogen and oxygen atoms in total. The Hall–Kier alpha value is -2.34. The molecule has 0 bridgehead atoms. The lowest BCUT2D eigenvalue weighted by Gasteiger charge is -2.26. The molecule has 0 aromatic heterocycles. The van der Waals surface area contributed by atoms with Crippen molar-refractivity contribution < 1.29 is 0 Å². The average molecular weight is 485 g/mol. The highest BCUT2D eigenvalue weighted by Crippen LogP contribution is 2.31. The van der Waals surface area contributed by atoms with Crippen LogP contribution in [0.1, 0.15) is 116 Å². The van der Waals surface area contributed by atoms with Gasteiger partial charge in [-0.15, -0.1) is 0 Å². The smallest absolute Gasteiger partial charge is 0.00941 e. The van der Waals surface area contributed by atoms with Gasteiger partial charge in [-0.2, -0.15) is 0 Å². The van der Waals surface area contributed by atoms with Crippen molar-refractivity contribution >= 4 is 0 Å². The first-order valence-corrected chi connectivity index (χ1v) is 13.7. The quantitative estimate of drug-likeness (QED) is 0.358. The van der Waals surface area contributed by atoms with Crippen molar-refractivity contribution in [2.24, 2.45) is 0 Å². The van der Waals surface area contributed by atoms with E-state index in [1.165, 1.54) is 33.4 Å². The lowest BCUT2D eigenvalue weighted by atomic mass is 9.79. The Morgan fingerprint density at radius 1 is 0.389 bits per heavy atom. The second-order valence-electron chi connectivity index (χ2n) is 14.5. The van der Waals surface area contributed by atoms with E-state index >= 15 is 0 Å². The van der Waals surface area contributed by atoms with Crippen molar-refractivity contribution in [2.75, 3.05) is 0 Å². The largest absolute Gasteiger partial charge is 0.0801 e. The molecule has 2 rings (SSSR count). The molecule has 196 valence electrons. The highest BCUT2D eigenvalue weighted by Gasteiger charge is 2.21. The first-order chi connectivity index (χ1) is 16.4. The van der Waals surface area contributed by atoms with Crippen LogP contribution in [0, 0.1) is 0 Å². The molecular formula is C36H52. The zero-order valence-electron chi connectivity index (χ0n) is 25.3. The molecule has 0 unspecified atom stereocenters. The van der Waals surface area contributed by atoms with Crippen molar-refractivity contribution in [2.45, 2.75) is 118 Å². The summed E-state index contributed by atoms with van der Waals surface area (Å²) < 4.78 is 0. The Morgan fingerprint density at radius 3 is 0.861 bits per heavy atom. The van der Waals surface area contributed by atoms with Crippen LogP contribution in [-0.2, 0) is 34.5 Å². The molecule has 0 saturated heterocycles. The molecule has 0 amide bonds. The summed E-state index contributed by atoms with van der Waals surface area (Å²) in [7, 11) is 0. The molecule has 0 aliphatic carbocycles. The van der Waals surface area contributed by atoms with Crippen molar-refractivity contribution in [3.63, 3.8) is 0 Å². The van der Waals surface area contributed by atoms with Crippen LogP contribution in [0.15, 0.2) is 72.9 Å². The van der Waals surface area contributed by atoms with E-state index in [1.807, 2.05) is 0 Å². The van der Waals surface area contributed by atoms with Crippen molar-refractivity contribution in [1.29, 1.82) is 0 Å². The number of allylic oxidation sites excluding steroid dienone is 6. The minimum Gasteiger partial charge on any atom is -0.0801 e. The van der Waals surface area contributed by atoms with Gasteiger partial charge in [-0.3, -0.25) is 0 Å². The normalized spacial score (nSPS) is 14.0. The van der Waals surface area contributed by atoms with Crippen LogP contribution in [-0.4, -0.2) is 0 Å². The third-order valence-corrected chi connectivity index (χ3v) is 6.76. The lowest BCUT2D eigenvalue weighted by molar-refractivity contribution is 0.566. The monoisotopic (exact) mass is 484 g/mol. The lowest BCUT2D eigenvalue weighted by Crippen LogP contribution is -2.17. The van der Waals surface area contributed by atoms with Gasteiger partial charge >= 0.3 is 0 Å². The van der Waals surface area contributed by atoms with Gasteiger partial charge in [0.25, 0.3) is 0 Å². The van der Waals surface area contributed by atoms with Crippen LogP contribution in [0.5, 0.6) is 0 Å². The summed E-state index contributed by atoms with van der Waals surface area (Å²) in [6.45, 7) is 27.6. The first-order valence-electron chi connectivity index (χ1n) is 13.7. The van der Waals surface area contributed by atoms with Gasteiger partial charge < -0.3 is 0 Å². The van der Waals surface area contributed by atoms with Crippen molar-refractivity contribution in [3.8, 4) is 0 Å². The molecule has 0 radical (unpaired) electrons. The Kier molecular flexibility index (Phi) is 9.44. The Bertz CT molecular complexity index is 937. The fourth-order valence-electron chi connectivity index (χ4n) is 4.05. The summed E-state index contributed by atoms with van der Waals surface area (Å²) in [5.41, 5.74) is 9.08. The molecule has 0 heterocycles. The maximum atomic E-state index is 2.39. The molecule has 2 aromatic carbocycles. The van der Waals surface area contributed by atoms with Crippen LogP contribution in [0.25, 0.3) is 0 Å². The second-order valence-corrected chi connectivity index (χ2v) is 14.5. The van der Waals surface area contributed by atoms with Crippen LogP contribution < -0.4 is 0 Å². The molecule has 0 atom stereocenters. The molecule has 0 aliphatic heterocycles. The highest BCUT2D eigenvalue weighted by molar-refractivity contribution is 5.39. The van der Waals surface area contributed by atoms with E-state index < -0.39 is 0 Å². The maximum absolute atomic E-state index is 2.39. The Balaban J connectivity index is 2.06. The van der Waals surface area contributed by atoms with E-state index in [1.54, 1.807) is 0 Å². The fraction of sp³-hybridized carbons (Fsp3) is 0.500. The summed E-state index contributed by atoms with van der Waals surface area (Å²) in [6, 6.07) is 14.3. The molecule has 0 heteroatoms. The Labute approximate surface area is 223 Å². The summed E-state index contributed by atoms with van der Waals surface area (Å²) >= 11 is 0. The minimum absolute atomic E-state index is 0.157. The first kappa shape index (κ1) is 29.9. The van der Waals surface area contributed by atoms with Crippen LogP contribution >= 0.6 is 0 Å². The van der Waals surface area contributed by atoms with Crippen molar-refractivity contribution in [1.82, 2.24) is 0 Å². The molecule has 0 spiro atoms. The minimum atomic E-state index is 0.157. The second kappa shape index (κ2) is 11.4. The number of benzene rings is 2. The maximum Gasteiger partial charge on any atom is -0.00941 e. The predicted molar refractivity (Wildman–Crippen MR) is 163 cm³/mol. The van der Waals surface area contributed by atoms with Gasteiger partial charge in [-0.05, 0) is 67.9 Å².